The third kappa shape index (κ3) is 4.53. The van der Waals surface area contributed by atoms with Crippen LogP contribution in [0.1, 0.15) is 22.4 Å². The van der Waals surface area contributed by atoms with Crippen LogP contribution in [0.5, 0.6) is 0 Å². The number of amides is 1. The minimum absolute atomic E-state index is 0.203. The van der Waals surface area contributed by atoms with Gasteiger partial charge in [0.05, 0.1) is 24.3 Å². The smallest absolute Gasteiger partial charge is 0.416 e. The van der Waals surface area contributed by atoms with Gasteiger partial charge < -0.3 is 19.9 Å². The van der Waals surface area contributed by atoms with Gasteiger partial charge in [0, 0.05) is 38.8 Å². The number of carbonyl (C=O) groups is 1. The number of benzene rings is 1. The lowest BCUT2D eigenvalue weighted by molar-refractivity contribution is -0.137. The molecule has 162 valence electrons. The predicted molar refractivity (Wildman–Crippen MR) is 104 cm³/mol. The standard InChI is InChI=1S/C20H24F3N5O2/c1-14-8-15(10-16(9-14)20(21,22)23)13-30-19(29)27-6-7-28-17(12-27)11-18(25-28)26-4-2-24-3-5-26/h8-11,24H,2-7,12-13H2,1H3. The Bertz CT molecular complexity index is 922. The van der Waals surface area contributed by atoms with E-state index in [9.17, 15) is 18.0 Å². The highest BCUT2D eigenvalue weighted by Crippen LogP contribution is 2.31. The number of ether oxygens (including phenoxy) is 1. The highest BCUT2D eigenvalue weighted by atomic mass is 19.4. The van der Waals surface area contributed by atoms with Crippen LogP contribution in [0.3, 0.4) is 0 Å². The maximum absolute atomic E-state index is 13.0. The zero-order chi connectivity index (χ0) is 21.3. The number of piperazine rings is 1. The average molecular weight is 423 g/mol. The first-order valence-electron chi connectivity index (χ1n) is 9.91. The first kappa shape index (κ1) is 20.5. The van der Waals surface area contributed by atoms with E-state index in [0.29, 0.717) is 30.8 Å². The molecule has 1 fully saturated rings. The molecular weight excluding hydrogens is 399 g/mol. The molecule has 0 aliphatic carbocycles. The van der Waals surface area contributed by atoms with E-state index in [1.165, 1.54) is 0 Å². The van der Waals surface area contributed by atoms with E-state index in [1.807, 2.05) is 10.7 Å². The molecule has 10 heteroatoms. The Labute approximate surface area is 172 Å². The topological polar surface area (TPSA) is 62.6 Å². The molecule has 2 aliphatic rings. The van der Waals surface area contributed by atoms with Crippen molar-refractivity contribution in [3.63, 3.8) is 0 Å². The summed E-state index contributed by atoms with van der Waals surface area (Å²) in [7, 11) is 0. The lowest BCUT2D eigenvalue weighted by Gasteiger charge is -2.27. The molecule has 0 saturated carbocycles. The van der Waals surface area contributed by atoms with Crippen molar-refractivity contribution >= 4 is 11.9 Å². The Morgan fingerprint density at radius 3 is 2.63 bits per heavy atom. The van der Waals surface area contributed by atoms with Crippen LogP contribution in [0.4, 0.5) is 23.8 Å². The second-order valence-corrected chi connectivity index (χ2v) is 7.64. The molecule has 1 amide bonds. The molecule has 2 aromatic rings. The van der Waals surface area contributed by atoms with Crippen molar-refractivity contribution in [2.75, 3.05) is 37.6 Å². The van der Waals surface area contributed by atoms with Crippen LogP contribution < -0.4 is 10.2 Å². The van der Waals surface area contributed by atoms with Crippen LogP contribution in [0.2, 0.25) is 0 Å². The molecule has 0 unspecified atom stereocenters. The van der Waals surface area contributed by atoms with E-state index in [2.05, 4.69) is 15.3 Å². The first-order chi connectivity index (χ1) is 14.3. The van der Waals surface area contributed by atoms with E-state index in [4.69, 9.17) is 4.74 Å². The number of hydrogen-bond acceptors (Lipinski definition) is 5. The number of anilines is 1. The van der Waals surface area contributed by atoms with Gasteiger partial charge in [-0.05, 0) is 24.6 Å². The summed E-state index contributed by atoms with van der Waals surface area (Å²) in [5.41, 5.74) is 0.967. The number of aryl methyl sites for hydroxylation is 1. The van der Waals surface area contributed by atoms with Gasteiger partial charge >= 0.3 is 12.3 Å². The van der Waals surface area contributed by atoms with Crippen LogP contribution in [0.15, 0.2) is 24.3 Å². The maximum Gasteiger partial charge on any atom is 0.416 e. The van der Waals surface area contributed by atoms with Gasteiger partial charge in [-0.1, -0.05) is 11.6 Å². The largest absolute Gasteiger partial charge is 0.445 e. The maximum atomic E-state index is 13.0. The second-order valence-electron chi connectivity index (χ2n) is 7.64. The molecule has 1 aromatic heterocycles. The van der Waals surface area contributed by atoms with Crippen molar-refractivity contribution in [3.05, 3.63) is 46.6 Å². The van der Waals surface area contributed by atoms with Crippen molar-refractivity contribution in [1.29, 1.82) is 0 Å². The van der Waals surface area contributed by atoms with Crippen molar-refractivity contribution in [3.8, 4) is 0 Å². The number of rotatable bonds is 3. The van der Waals surface area contributed by atoms with Gasteiger partial charge in [-0.25, -0.2) is 4.79 Å². The van der Waals surface area contributed by atoms with E-state index in [1.54, 1.807) is 17.9 Å². The van der Waals surface area contributed by atoms with Gasteiger partial charge in [-0.15, -0.1) is 0 Å². The van der Waals surface area contributed by atoms with Crippen LogP contribution in [0, 0.1) is 6.92 Å². The third-order valence-corrected chi connectivity index (χ3v) is 5.31. The summed E-state index contributed by atoms with van der Waals surface area (Å²) in [6, 6.07) is 5.67. The summed E-state index contributed by atoms with van der Waals surface area (Å²) < 4.78 is 46.2. The highest BCUT2D eigenvalue weighted by molar-refractivity contribution is 5.68. The number of carbonyl (C=O) groups excluding carboxylic acids is 1. The summed E-state index contributed by atoms with van der Waals surface area (Å²) in [5, 5.41) is 7.94. The number of alkyl halides is 3. The van der Waals surface area contributed by atoms with E-state index in [0.717, 1.165) is 49.8 Å². The van der Waals surface area contributed by atoms with Crippen molar-refractivity contribution in [2.24, 2.45) is 0 Å². The molecule has 4 rings (SSSR count). The Kier molecular flexibility index (Phi) is 5.59. The molecule has 3 heterocycles. The number of nitrogens with one attached hydrogen (secondary N) is 1. The fraction of sp³-hybridized carbons (Fsp3) is 0.500. The number of aromatic nitrogens is 2. The van der Waals surface area contributed by atoms with E-state index in [-0.39, 0.29) is 6.61 Å². The molecular formula is C20H24F3N5O2. The SMILES string of the molecule is Cc1cc(COC(=O)N2CCn3nc(N4CCNCC4)cc3C2)cc(C(F)(F)F)c1. The fourth-order valence-electron chi connectivity index (χ4n) is 3.80. The Hall–Kier alpha value is -2.75. The van der Waals surface area contributed by atoms with Crippen molar-refractivity contribution < 1.29 is 22.7 Å². The highest BCUT2D eigenvalue weighted by Gasteiger charge is 2.31. The summed E-state index contributed by atoms with van der Waals surface area (Å²) in [6.07, 6.45) is -4.97. The molecule has 1 N–H and O–H groups in total. The lowest BCUT2D eigenvalue weighted by atomic mass is 10.1. The van der Waals surface area contributed by atoms with Gasteiger partial charge in [0.2, 0.25) is 0 Å². The van der Waals surface area contributed by atoms with Crippen LogP contribution in [-0.4, -0.2) is 53.5 Å². The molecule has 0 atom stereocenters. The number of fused-ring (bicyclic) bond motifs is 1. The van der Waals surface area contributed by atoms with Gasteiger partial charge in [-0.2, -0.15) is 18.3 Å². The molecule has 7 nitrogen and oxygen atoms in total. The zero-order valence-electron chi connectivity index (χ0n) is 16.7. The van der Waals surface area contributed by atoms with E-state index < -0.39 is 17.8 Å². The molecule has 1 aromatic carbocycles. The van der Waals surface area contributed by atoms with Gasteiger partial charge in [-0.3, -0.25) is 4.68 Å². The summed E-state index contributed by atoms with van der Waals surface area (Å²) in [4.78, 5) is 16.3. The fourth-order valence-corrected chi connectivity index (χ4v) is 3.80. The van der Waals surface area contributed by atoms with Gasteiger partial charge in [0.15, 0.2) is 5.82 Å². The van der Waals surface area contributed by atoms with Crippen LogP contribution in [0.25, 0.3) is 0 Å². The monoisotopic (exact) mass is 423 g/mol. The van der Waals surface area contributed by atoms with Gasteiger partial charge in [0.25, 0.3) is 0 Å². The van der Waals surface area contributed by atoms with Crippen LogP contribution in [-0.2, 0) is 30.6 Å². The minimum Gasteiger partial charge on any atom is -0.445 e. The zero-order valence-corrected chi connectivity index (χ0v) is 16.7. The number of halogens is 3. The number of hydrogen-bond donors (Lipinski definition) is 1. The van der Waals surface area contributed by atoms with Crippen LogP contribution >= 0.6 is 0 Å². The normalized spacial score (nSPS) is 17.1. The lowest BCUT2D eigenvalue weighted by Crippen LogP contribution is -2.43. The Balaban J connectivity index is 1.38. The summed E-state index contributed by atoms with van der Waals surface area (Å²) in [5.74, 6) is 0.904. The predicted octanol–water partition coefficient (Wildman–Crippen LogP) is 2.77. The quantitative estimate of drug-likeness (QED) is 0.823. The molecule has 0 radical (unpaired) electrons. The molecule has 30 heavy (non-hydrogen) atoms. The molecule has 2 aliphatic heterocycles. The van der Waals surface area contributed by atoms with E-state index >= 15 is 0 Å². The Morgan fingerprint density at radius 1 is 1.13 bits per heavy atom. The number of nitrogens with zero attached hydrogens (tertiary/aromatic N) is 4. The van der Waals surface area contributed by atoms with Crippen molar-refractivity contribution in [2.45, 2.75) is 32.8 Å². The Morgan fingerprint density at radius 2 is 1.90 bits per heavy atom. The summed E-state index contributed by atoms with van der Waals surface area (Å²) in [6.45, 7) is 6.34. The molecule has 0 spiro atoms. The second kappa shape index (κ2) is 8.17. The minimum atomic E-state index is -4.43. The molecule has 0 bridgehead atoms. The molecule has 1 saturated heterocycles. The third-order valence-electron chi connectivity index (χ3n) is 5.31. The van der Waals surface area contributed by atoms with Crippen molar-refractivity contribution in [1.82, 2.24) is 20.0 Å². The average Bonchev–Trinajstić information content (AvgIpc) is 3.15. The first-order valence-corrected chi connectivity index (χ1v) is 9.91. The van der Waals surface area contributed by atoms with Gasteiger partial charge in [0.1, 0.15) is 6.61 Å². The summed E-state index contributed by atoms with van der Waals surface area (Å²) >= 11 is 0.